The molecule has 6 rings (SSSR count). The lowest BCUT2D eigenvalue weighted by atomic mass is 10.0. The SMILES string of the molecule is Cc1cn(C2CCN(C)CC2)nc1Nc1ncc(C(F)(F)F)c(Oc2cccc3c2C(=O)N(C)C32CC2)n1. The Bertz CT molecular complexity index is 1410. The summed E-state index contributed by atoms with van der Waals surface area (Å²) in [4.78, 5) is 24.9. The largest absolute Gasteiger partial charge is 0.437 e. The minimum Gasteiger partial charge on any atom is -0.437 e. The van der Waals surface area contributed by atoms with E-state index in [1.807, 2.05) is 23.9 Å². The molecule has 1 aliphatic carbocycles. The molecule has 200 valence electrons. The number of alkyl halides is 3. The van der Waals surface area contributed by atoms with E-state index in [-0.39, 0.29) is 34.7 Å². The van der Waals surface area contributed by atoms with Crippen LogP contribution >= 0.6 is 0 Å². The Kier molecular flexibility index (Phi) is 5.64. The first-order valence-corrected chi connectivity index (χ1v) is 12.6. The molecule has 3 aromatic rings. The number of amides is 1. The predicted octanol–water partition coefficient (Wildman–Crippen LogP) is 4.88. The van der Waals surface area contributed by atoms with Crippen LogP contribution in [0.15, 0.2) is 30.6 Å². The third-order valence-electron chi connectivity index (χ3n) is 7.88. The van der Waals surface area contributed by atoms with Crippen molar-refractivity contribution in [2.45, 2.75) is 50.4 Å². The number of fused-ring (bicyclic) bond motifs is 2. The van der Waals surface area contributed by atoms with Gasteiger partial charge in [0.2, 0.25) is 11.8 Å². The van der Waals surface area contributed by atoms with E-state index >= 15 is 0 Å². The molecular weight excluding hydrogens is 499 g/mol. The Labute approximate surface area is 217 Å². The number of ether oxygens (including phenoxy) is 1. The van der Waals surface area contributed by atoms with Gasteiger partial charge in [-0.3, -0.25) is 9.48 Å². The van der Waals surface area contributed by atoms with E-state index in [1.54, 1.807) is 18.0 Å². The van der Waals surface area contributed by atoms with E-state index < -0.39 is 17.6 Å². The van der Waals surface area contributed by atoms with Gasteiger partial charge in [0.05, 0.1) is 17.1 Å². The summed E-state index contributed by atoms with van der Waals surface area (Å²) in [6.45, 7) is 3.81. The number of anilines is 2. The summed E-state index contributed by atoms with van der Waals surface area (Å²) in [6, 6.07) is 5.26. The van der Waals surface area contributed by atoms with E-state index in [2.05, 4.69) is 32.3 Å². The van der Waals surface area contributed by atoms with Crippen LogP contribution in [0.5, 0.6) is 11.6 Å². The fourth-order valence-corrected chi connectivity index (χ4v) is 5.45. The van der Waals surface area contributed by atoms with Crippen molar-refractivity contribution >= 4 is 17.7 Å². The number of likely N-dealkylation sites (tertiary alicyclic amines) is 1. The second-order valence-electron chi connectivity index (χ2n) is 10.4. The molecule has 38 heavy (non-hydrogen) atoms. The van der Waals surface area contributed by atoms with Crippen LogP contribution in [0.2, 0.25) is 0 Å². The van der Waals surface area contributed by atoms with Crippen molar-refractivity contribution in [1.82, 2.24) is 29.5 Å². The summed E-state index contributed by atoms with van der Waals surface area (Å²) in [5, 5.41) is 7.57. The van der Waals surface area contributed by atoms with Crippen molar-refractivity contribution in [2.75, 3.05) is 32.5 Å². The summed E-state index contributed by atoms with van der Waals surface area (Å²) < 4.78 is 49.3. The van der Waals surface area contributed by atoms with E-state index in [0.29, 0.717) is 12.0 Å². The first kappa shape index (κ1) is 24.7. The molecule has 9 nitrogen and oxygen atoms in total. The highest BCUT2D eigenvalue weighted by Crippen LogP contribution is 2.57. The summed E-state index contributed by atoms with van der Waals surface area (Å²) >= 11 is 0. The highest BCUT2D eigenvalue weighted by Gasteiger charge is 2.57. The van der Waals surface area contributed by atoms with E-state index in [1.165, 1.54) is 6.07 Å². The molecule has 1 aromatic carbocycles. The minimum atomic E-state index is -4.75. The zero-order chi connectivity index (χ0) is 26.8. The maximum Gasteiger partial charge on any atom is 0.423 e. The van der Waals surface area contributed by atoms with Crippen molar-refractivity contribution in [3.63, 3.8) is 0 Å². The number of nitrogens with one attached hydrogen (secondary N) is 1. The zero-order valence-electron chi connectivity index (χ0n) is 21.3. The number of hydrogen-bond acceptors (Lipinski definition) is 7. The molecule has 0 unspecified atom stereocenters. The van der Waals surface area contributed by atoms with Gasteiger partial charge in [-0.15, -0.1) is 0 Å². The molecule has 2 aliphatic heterocycles. The zero-order valence-corrected chi connectivity index (χ0v) is 21.3. The number of halogens is 3. The maximum atomic E-state index is 13.9. The molecule has 2 fully saturated rings. The molecule has 3 aliphatic rings. The number of aryl methyl sites for hydroxylation is 1. The Morgan fingerprint density at radius 3 is 2.58 bits per heavy atom. The lowest BCUT2D eigenvalue weighted by Crippen LogP contribution is -2.31. The van der Waals surface area contributed by atoms with E-state index in [0.717, 1.165) is 49.9 Å². The fourth-order valence-electron chi connectivity index (χ4n) is 5.45. The monoisotopic (exact) mass is 527 g/mol. The van der Waals surface area contributed by atoms with E-state index in [4.69, 9.17) is 4.74 Å². The number of carbonyl (C=O) groups excluding carboxylic acids is 1. The van der Waals surface area contributed by atoms with Gasteiger partial charge in [0.1, 0.15) is 11.3 Å². The molecule has 12 heteroatoms. The Morgan fingerprint density at radius 1 is 1.16 bits per heavy atom. The van der Waals surface area contributed by atoms with Crippen molar-refractivity contribution in [2.24, 2.45) is 0 Å². The van der Waals surface area contributed by atoms with Crippen LogP contribution in [-0.4, -0.2) is 62.6 Å². The number of nitrogens with zero attached hydrogens (tertiary/aromatic N) is 6. The van der Waals surface area contributed by atoms with Crippen molar-refractivity contribution < 1.29 is 22.7 Å². The number of piperidine rings is 1. The van der Waals surface area contributed by atoms with Crippen molar-refractivity contribution in [3.8, 4) is 11.6 Å². The minimum absolute atomic E-state index is 0.0426. The van der Waals surface area contributed by atoms with Crippen LogP contribution in [0.1, 0.15) is 58.8 Å². The number of aromatic nitrogens is 4. The Hall–Kier alpha value is -3.67. The number of carbonyl (C=O) groups is 1. The fraction of sp³-hybridized carbons (Fsp3) is 0.462. The second-order valence-corrected chi connectivity index (χ2v) is 10.4. The van der Waals surface area contributed by atoms with Crippen LogP contribution in [0, 0.1) is 6.92 Å². The van der Waals surface area contributed by atoms with Gasteiger partial charge < -0.3 is 19.9 Å². The lowest BCUT2D eigenvalue weighted by molar-refractivity contribution is -0.139. The van der Waals surface area contributed by atoms with Crippen LogP contribution < -0.4 is 10.1 Å². The van der Waals surface area contributed by atoms with Gasteiger partial charge in [-0.2, -0.15) is 23.3 Å². The highest BCUT2D eigenvalue weighted by molar-refractivity contribution is 6.03. The molecule has 1 N–H and O–H groups in total. The average molecular weight is 528 g/mol. The van der Waals surface area contributed by atoms with Gasteiger partial charge >= 0.3 is 6.18 Å². The van der Waals surface area contributed by atoms with Gasteiger partial charge in [-0.05, 0) is 64.4 Å². The normalized spacial score (nSPS) is 19.2. The summed E-state index contributed by atoms with van der Waals surface area (Å²) in [6.07, 6.45) is 1.40. The number of rotatable bonds is 5. The van der Waals surface area contributed by atoms with Crippen molar-refractivity contribution in [3.05, 3.63) is 52.8 Å². The van der Waals surface area contributed by atoms with Gasteiger partial charge in [0.15, 0.2) is 5.82 Å². The molecule has 0 radical (unpaired) electrons. The van der Waals surface area contributed by atoms with Crippen LogP contribution in [0.3, 0.4) is 0 Å². The predicted molar refractivity (Wildman–Crippen MR) is 133 cm³/mol. The Balaban J connectivity index is 1.31. The third kappa shape index (κ3) is 4.07. The molecule has 1 amide bonds. The van der Waals surface area contributed by atoms with Crippen molar-refractivity contribution in [1.29, 1.82) is 0 Å². The van der Waals surface area contributed by atoms with Crippen LogP contribution in [0.4, 0.5) is 24.9 Å². The van der Waals surface area contributed by atoms with Crippen LogP contribution in [-0.2, 0) is 11.7 Å². The molecule has 2 aromatic heterocycles. The smallest absolute Gasteiger partial charge is 0.423 e. The molecule has 4 heterocycles. The maximum absolute atomic E-state index is 13.9. The van der Waals surface area contributed by atoms with E-state index in [9.17, 15) is 18.0 Å². The molecule has 0 atom stereocenters. The molecular formula is C26H28F3N7O2. The standard InChI is InChI=1S/C26H28F3N7O2/c1-15-14-36(16-7-11-34(2)12-8-16)33-21(15)31-24-30-13-18(26(27,28)29)22(32-24)38-19-6-4-5-17-20(19)23(37)35(3)25(17)9-10-25/h4-6,13-14,16H,7-12H2,1-3H3,(H,30,31,32,33). The first-order chi connectivity index (χ1) is 18.1. The number of benzene rings is 1. The lowest BCUT2D eigenvalue weighted by Gasteiger charge is -2.28. The van der Waals surface area contributed by atoms with Crippen LogP contribution in [0.25, 0.3) is 0 Å². The molecule has 1 saturated carbocycles. The number of hydrogen-bond donors (Lipinski definition) is 1. The Morgan fingerprint density at radius 2 is 1.89 bits per heavy atom. The first-order valence-electron chi connectivity index (χ1n) is 12.6. The molecule has 1 spiro atoms. The molecule has 0 bridgehead atoms. The average Bonchev–Trinajstić information content (AvgIpc) is 3.56. The molecule has 1 saturated heterocycles. The third-order valence-corrected chi connectivity index (χ3v) is 7.88. The van der Waals surface area contributed by atoms with Gasteiger partial charge in [-0.25, -0.2) is 4.98 Å². The quantitative estimate of drug-likeness (QED) is 0.506. The summed E-state index contributed by atoms with van der Waals surface area (Å²) in [5.74, 6) is -0.532. The second kappa shape index (κ2) is 8.69. The highest BCUT2D eigenvalue weighted by atomic mass is 19.4. The van der Waals surface area contributed by atoms with Gasteiger partial charge in [0, 0.05) is 25.0 Å². The van der Waals surface area contributed by atoms with Gasteiger partial charge in [0.25, 0.3) is 5.91 Å². The summed E-state index contributed by atoms with van der Waals surface area (Å²) in [7, 11) is 3.79. The summed E-state index contributed by atoms with van der Waals surface area (Å²) in [5.41, 5.74) is 0.356. The van der Waals surface area contributed by atoms with Gasteiger partial charge in [-0.1, -0.05) is 12.1 Å². The topological polar surface area (TPSA) is 88.4 Å².